The monoisotopic (exact) mass is 523 g/mol. The Morgan fingerprint density at radius 2 is 1.87 bits per heavy atom. The molecule has 0 aromatic heterocycles. The summed E-state index contributed by atoms with van der Waals surface area (Å²) in [5.74, 6) is -3.83. The Bertz CT molecular complexity index is 1230. The lowest BCUT2D eigenvalue weighted by molar-refractivity contribution is -0.352. The maximum absolute atomic E-state index is 13.6. The fraction of sp³-hybridized carbons (Fsp3) is 0.448. The van der Waals surface area contributed by atoms with Gasteiger partial charge in [-0.05, 0) is 61.4 Å². The third kappa shape index (κ3) is 4.76. The predicted octanol–water partition coefficient (Wildman–Crippen LogP) is 1.77. The van der Waals surface area contributed by atoms with Gasteiger partial charge in [0.1, 0.15) is 30.6 Å². The second-order valence-corrected chi connectivity index (χ2v) is 10.3. The highest BCUT2D eigenvalue weighted by Gasteiger charge is 2.56. The summed E-state index contributed by atoms with van der Waals surface area (Å²) in [6, 6.07) is 14.5. The molecule has 5 rings (SSSR count). The lowest BCUT2D eigenvalue weighted by atomic mass is 9.73. The fourth-order valence-electron chi connectivity index (χ4n) is 5.71. The van der Waals surface area contributed by atoms with Crippen LogP contribution in [0.2, 0.25) is 0 Å². The van der Waals surface area contributed by atoms with Gasteiger partial charge in [-0.25, -0.2) is 4.79 Å². The minimum Gasteiger partial charge on any atom is -0.456 e. The van der Waals surface area contributed by atoms with Crippen LogP contribution in [-0.4, -0.2) is 74.0 Å². The van der Waals surface area contributed by atoms with Crippen molar-refractivity contribution in [2.24, 2.45) is 0 Å². The molecule has 1 unspecified atom stereocenters. The van der Waals surface area contributed by atoms with Crippen LogP contribution >= 0.6 is 0 Å². The molecule has 0 bridgehead atoms. The van der Waals surface area contributed by atoms with E-state index in [4.69, 9.17) is 9.47 Å². The number of hydrogen-bond acceptors (Lipinski definition) is 8. The van der Waals surface area contributed by atoms with Gasteiger partial charge in [-0.3, -0.25) is 4.79 Å². The van der Waals surface area contributed by atoms with E-state index in [1.807, 2.05) is 36.4 Å². The zero-order valence-corrected chi connectivity index (χ0v) is 21.2. The minimum atomic E-state index is -2.14. The quantitative estimate of drug-likeness (QED) is 0.436. The number of fused-ring (bicyclic) bond motifs is 1. The first kappa shape index (κ1) is 26.5. The van der Waals surface area contributed by atoms with E-state index in [2.05, 4.69) is 0 Å². The maximum Gasteiger partial charge on any atom is 0.355 e. The second kappa shape index (κ2) is 10.6. The van der Waals surface area contributed by atoms with Crippen molar-refractivity contribution in [1.29, 1.82) is 0 Å². The third-order valence-corrected chi connectivity index (χ3v) is 7.81. The maximum atomic E-state index is 13.6. The summed E-state index contributed by atoms with van der Waals surface area (Å²) >= 11 is 0. The van der Waals surface area contributed by atoms with Crippen molar-refractivity contribution in [1.82, 2.24) is 4.90 Å². The summed E-state index contributed by atoms with van der Waals surface area (Å²) in [5, 5.41) is 42.7. The number of carbonyl (C=O) groups excluding carboxylic acids is 2. The SMILES string of the molecule is C[C@@H]1O[C@](O)(C2CCCc3ccc(C(=O)N4CCC=C4C(=O)OCc4ccccc4)cc32)[C@@H](O)[C@H](O)[C@@H]1O. The van der Waals surface area contributed by atoms with Crippen molar-refractivity contribution in [3.63, 3.8) is 0 Å². The van der Waals surface area contributed by atoms with Gasteiger partial charge < -0.3 is 34.8 Å². The van der Waals surface area contributed by atoms with Crippen LogP contribution in [0, 0.1) is 0 Å². The van der Waals surface area contributed by atoms with Gasteiger partial charge >= 0.3 is 5.97 Å². The van der Waals surface area contributed by atoms with Gasteiger partial charge in [-0.15, -0.1) is 0 Å². The van der Waals surface area contributed by atoms with Crippen LogP contribution in [0.1, 0.15) is 59.2 Å². The second-order valence-electron chi connectivity index (χ2n) is 10.3. The minimum absolute atomic E-state index is 0.0967. The number of rotatable bonds is 5. The normalized spacial score (nSPS) is 30.9. The molecule has 2 heterocycles. The van der Waals surface area contributed by atoms with E-state index in [0.29, 0.717) is 43.4 Å². The van der Waals surface area contributed by atoms with Gasteiger partial charge in [-0.2, -0.15) is 0 Å². The Balaban J connectivity index is 1.37. The van der Waals surface area contributed by atoms with Crippen molar-refractivity contribution in [2.75, 3.05) is 6.54 Å². The third-order valence-electron chi connectivity index (χ3n) is 7.81. The molecular weight excluding hydrogens is 490 g/mol. The number of aliphatic hydroxyl groups excluding tert-OH is 3. The number of carbonyl (C=O) groups is 2. The first-order valence-electron chi connectivity index (χ1n) is 13.0. The molecule has 2 aromatic carbocycles. The van der Waals surface area contributed by atoms with Gasteiger partial charge in [0, 0.05) is 18.0 Å². The molecule has 1 amide bonds. The van der Waals surface area contributed by atoms with Gasteiger partial charge in [-0.1, -0.05) is 42.5 Å². The van der Waals surface area contributed by atoms with Gasteiger partial charge in [0.15, 0.2) is 0 Å². The average molecular weight is 524 g/mol. The molecule has 2 aliphatic heterocycles. The highest BCUT2D eigenvalue weighted by Crippen LogP contribution is 2.45. The number of aliphatic hydroxyl groups is 4. The molecule has 0 saturated carbocycles. The first-order valence-corrected chi connectivity index (χ1v) is 13.0. The number of nitrogens with zero attached hydrogens (tertiary/aromatic N) is 1. The highest BCUT2D eigenvalue weighted by atomic mass is 16.7. The first-order chi connectivity index (χ1) is 18.2. The van der Waals surface area contributed by atoms with Crippen LogP contribution in [0.15, 0.2) is 60.3 Å². The molecule has 9 nitrogen and oxygen atoms in total. The summed E-state index contributed by atoms with van der Waals surface area (Å²) in [7, 11) is 0. The van der Waals surface area contributed by atoms with Crippen molar-refractivity contribution in [3.8, 4) is 0 Å². The topological polar surface area (TPSA) is 137 Å². The van der Waals surface area contributed by atoms with Gasteiger partial charge in [0.2, 0.25) is 5.79 Å². The molecule has 9 heteroatoms. The lowest BCUT2D eigenvalue weighted by Gasteiger charge is -2.49. The Morgan fingerprint density at radius 1 is 1.11 bits per heavy atom. The Kier molecular flexibility index (Phi) is 7.39. The van der Waals surface area contributed by atoms with Gasteiger partial charge in [0.25, 0.3) is 5.91 Å². The van der Waals surface area contributed by atoms with Crippen molar-refractivity contribution < 1.29 is 39.5 Å². The molecule has 38 heavy (non-hydrogen) atoms. The fourth-order valence-corrected chi connectivity index (χ4v) is 5.71. The molecule has 202 valence electrons. The smallest absolute Gasteiger partial charge is 0.355 e. The van der Waals surface area contributed by atoms with Crippen molar-refractivity contribution >= 4 is 11.9 Å². The van der Waals surface area contributed by atoms with E-state index < -0.39 is 42.1 Å². The number of hydrogen-bond donors (Lipinski definition) is 4. The van der Waals surface area contributed by atoms with E-state index in [1.54, 1.807) is 18.2 Å². The molecule has 4 N–H and O–H groups in total. The molecule has 3 aliphatic rings. The largest absolute Gasteiger partial charge is 0.456 e. The Labute approximate surface area is 220 Å². The van der Waals surface area contributed by atoms with Crippen LogP contribution in [0.5, 0.6) is 0 Å². The highest BCUT2D eigenvalue weighted by molar-refractivity contribution is 6.01. The van der Waals surface area contributed by atoms with E-state index in [0.717, 1.165) is 11.1 Å². The molecule has 1 aliphatic carbocycles. The molecule has 1 saturated heterocycles. The summed E-state index contributed by atoms with van der Waals surface area (Å²) in [5.41, 5.74) is 2.89. The van der Waals surface area contributed by atoms with Crippen molar-refractivity contribution in [2.45, 2.75) is 75.3 Å². The van der Waals surface area contributed by atoms with E-state index in [1.165, 1.54) is 11.8 Å². The van der Waals surface area contributed by atoms with Crippen LogP contribution in [0.25, 0.3) is 0 Å². The zero-order chi connectivity index (χ0) is 27.0. The molecule has 1 fully saturated rings. The molecule has 0 radical (unpaired) electrons. The molecule has 2 aromatic rings. The summed E-state index contributed by atoms with van der Waals surface area (Å²) in [6.45, 7) is 1.95. The number of ether oxygens (including phenoxy) is 2. The van der Waals surface area contributed by atoms with Crippen LogP contribution < -0.4 is 0 Å². The molecule has 6 atom stereocenters. The number of benzene rings is 2. The number of aryl methyl sites for hydroxylation is 1. The molecule has 0 spiro atoms. The average Bonchev–Trinajstić information content (AvgIpc) is 3.43. The summed E-state index contributed by atoms with van der Waals surface area (Å²) in [6.07, 6.45) is -1.49. The Hall–Kier alpha value is -3.08. The standard InChI is InChI=1S/C29H33NO8/c1-17-24(31)25(32)26(33)29(36,38-17)22-10-5-9-19-12-13-20(15-21(19)22)27(34)30-14-6-11-23(30)28(35)37-16-18-7-3-2-4-8-18/h2-4,7-8,11-13,15,17,22,24-26,31-33,36H,5-6,9-10,14,16H2,1H3/t17-,22?,24+,25+,26-,29+/m0/s1. The predicted molar refractivity (Wildman–Crippen MR) is 136 cm³/mol. The lowest BCUT2D eigenvalue weighted by Crippen LogP contribution is -2.66. The van der Waals surface area contributed by atoms with Crippen LogP contribution in [0.4, 0.5) is 0 Å². The number of amides is 1. The van der Waals surface area contributed by atoms with E-state index >= 15 is 0 Å². The zero-order valence-electron chi connectivity index (χ0n) is 21.2. The van der Waals surface area contributed by atoms with Gasteiger partial charge in [0.05, 0.1) is 6.10 Å². The summed E-state index contributed by atoms with van der Waals surface area (Å²) < 4.78 is 11.2. The van der Waals surface area contributed by atoms with E-state index in [-0.39, 0.29) is 18.2 Å². The number of esters is 1. The van der Waals surface area contributed by atoms with E-state index in [9.17, 15) is 30.0 Å². The molecular formula is C29H33NO8. The van der Waals surface area contributed by atoms with Crippen molar-refractivity contribution in [3.05, 3.63) is 82.6 Å². The Morgan fingerprint density at radius 3 is 2.63 bits per heavy atom. The summed E-state index contributed by atoms with van der Waals surface area (Å²) in [4.78, 5) is 27.8. The van der Waals surface area contributed by atoms with Crippen LogP contribution in [0.3, 0.4) is 0 Å². The van der Waals surface area contributed by atoms with Crippen LogP contribution in [-0.2, 0) is 27.3 Å².